The van der Waals surface area contributed by atoms with Crippen LogP contribution in [0.2, 0.25) is 0 Å². The summed E-state index contributed by atoms with van der Waals surface area (Å²) in [5, 5.41) is 3.82. The molecule has 0 aliphatic carbocycles. The van der Waals surface area contributed by atoms with Crippen molar-refractivity contribution in [3.63, 3.8) is 0 Å². The molecule has 22 heavy (non-hydrogen) atoms. The molecular formula is C18H16N2O2. The van der Waals surface area contributed by atoms with E-state index in [4.69, 9.17) is 4.52 Å². The smallest absolute Gasteiger partial charge is 0.233 e. The van der Waals surface area contributed by atoms with Crippen molar-refractivity contribution >= 4 is 5.78 Å². The summed E-state index contributed by atoms with van der Waals surface area (Å²) < 4.78 is 5.22. The molecule has 3 aromatic rings. The number of nitrogens with zero attached hydrogens (tertiary/aromatic N) is 2. The van der Waals surface area contributed by atoms with Crippen molar-refractivity contribution in [3.05, 3.63) is 83.0 Å². The fraction of sp³-hybridized carbons (Fsp3) is 0.167. The molecule has 0 saturated carbocycles. The summed E-state index contributed by atoms with van der Waals surface area (Å²) >= 11 is 0. The summed E-state index contributed by atoms with van der Waals surface area (Å²) in [6, 6.07) is 16.8. The molecule has 0 saturated heterocycles. The van der Waals surface area contributed by atoms with Gasteiger partial charge in [-0.3, -0.25) is 4.79 Å². The second-order valence-electron chi connectivity index (χ2n) is 5.22. The van der Waals surface area contributed by atoms with Gasteiger partial charge in [-0.1, -0.05) is 53.7 Å². The van der Waals surface area contributed by atoms with Crippen LogP contribution in [-0.4, -0.2) is 15.9 Å². The van der Waals surface area contributed by atoms with Gasteiger partial charge >= 0.3 is 0 Å². The SMILES string of the molecule is Cc1noc(C(C)c2cccc(C(=O)c3ccccc3)c2)n1. The highest BCUT2D eigenvalue weighted by molar-refractivity contribution is 6.09. The van der Waals surface area contributed by atoms with Gasteiger partial charge in [0, 0.05) is 11.1 Å². The first-order valence-corrected chi connectivity index (χ1v) is 7.15. The van der Waals surface area contributed by atoms with E-state index in [2.05, 4.69) is 10.1 Å². The highest BCUT2D eigenvalue weighted by Gasteiger charge is 2.17. The molecule has 0 fully saturated rings. The third-order valence-corrected chi connectivity index (χ3v) is 3.60. The van der Waals surface area contributed by atoms with Gasteiger partial charge in [-0.15, -0.1) is 0 Å². The van der Waals surface area contributed by atoms with Crippen LogP contribution in [0.15, 0.2) is 59.1 Å². The molecule has 0 aliphatic rings. The summed E-state index contributed by atoms with van der Waals surface area (Å²) in [5.41, 5.74) is 2.32. The Labute approximate surface area is 128 Å². The monoisotopic (exact) mass is 292 g/mol. The van der Waals surface area contributed by atoms with Crippen molar-refractivity contribution in [1.29, 1.82) is 0 Å². The Morgan fingerprint density at radius 1 is 1.05 bits per heavy atom. The first-order chi connectivity index (χ1) is 10.6. The molecule has 1 atom stereocenters. The topological polar surface area (TPSA) is 56.0 Å². The highest BCUT2D eigenvalue weighted by atomic mass is 16.5. The maximum atomic E-state index is 12.5. The molecule has 0 N–H and O–H groups in total. The predicted molar refractivity (Wildman–Crippen MR) is 82.9 cm³/mol. The standard InChI is InChI=1S/C18H16N2O2/c1-12(18-19-13(2)20-22-18)15-9-6-10-16(11-15)17(21)14-7-4-3-5-8-14/h3-12H,1-2H3. The Hall–Kier alpha value is -2.75. The third kappa shape index (κ3) is 2.81. The molecule has 2 aromatic carbocycles. The average molecular weight is 292 g/mol. The van der Waals surface area contributed by atoms with Crippen molar-refractivity contribution in [1.82, 2.24) is 10.1 Å². The molecular weight excluding hydrogens is 276 g/mol. The molecule has 1 unspecified atom stereocenters. The summed E-state index contributed by atoms with van der Waals surface area (Å²) in [6.45, 7) is 3.77. The maximum Gasteiger partial charge on any atom is 0.233 e. The van der Waals surface area contributed by atoms with Gasteiger partial charge in [0.05, 0.1) is 5.92 Å². The fourth-order valence-electron chi connectivity index (χ4n) is 2.34. The van der Waals surface area contributed by atoms with Gasteiger partial charge in [0.25, 0.3) is 0 Å². The van der Waals surface area contributed by atoms with Crippen molar-refractivity contribution in [3.8, 4) is 0 Å². The molecule has 1 aromatic heterocycles. The molecule has 110 valence electrons. The van der Waals surface area contributed by atoms with Gasteiger partial charge in [0.1, 0.15) is 0 Å². The first-order valence-electron chi connectivity index (χ1n) is 7.15. The normalized spacial score (nSPS) is 12.1. The summed E-state index contributed by atoms with van der Waals surface area (Å²) in [7, 11) is 0. The number of hydrogen-bond acceptors (Lipinski definition) is 4. The number of carbonyl (C=O) groups is 1. The number of aryl methyl sites for hydroxylation is 1. The molecule has 0 radical (unpaired) electrons. The lowest BCUT2D eigenvalue weighted by molar-refractivity contribution is 0.103. The molecule has 4 heteroatoms. The highest BCUT2D eigenvalue weighted by Crippen LogP contribution is 2.24. The predicted octanol–water partition coefficient (Wildman–Crippen LogP) is 3.76. The van der Waals surface area contributed by atoms with E-state index >= 15 is 0 Å². The van der Waals surface area contributed by atoms with Crippen LogP contribution >= 0.6 is 0 Å². The van der Waals surface area contributed by atoms with Crippen molar-refractivity contribution < 1.29 is 9.32 Å². The summed E-state index contributed by atoms with van der Waals surface area (Å²) in [6.07, 6.45) is 0. The molecule has 0 amide bonds. The van der Waals surface area contributed by atoms with E-state index in [9.17, 15) is 4.79 Å². The van der Waals surface area contributed by atoms with Crippen LogP contribution < -0.4 is 0 Å². The number of rotatable bonds is 4. The minimum atomic E-state index is -0.0512. The van der Waals surface area contributed by atoms with E-state index < -0.39 is 0 Å². The molecule has 4 nitrogen and oxygen atoms in total. The van der Waals surface area contributed by atoms with E-state index in [-0.39, 0.29) is 11.7 Å². The van der Waals surface area contributed by atoms with E-state index in [1.165, 1.54) is 0 Å². The van der Waals surface area contributed by atoms with E-state index in [1.807, 2.05) is 61.5 Å². The average Bonchev–Trinajstić information content (AvgIpc) is 3.01. The van der Waals surface area contributed by atoms with Crippen molar-refractivity contribution in [2.24, 2.45) is 0 Å². The second-order valence-corrected chi connectivity index (χ2v) is 5.22. The largest absolute Gasteiger partial charge is 0.339 e. The van der Waals surface area contributed by atoms with Gasteiger partial charge in [0.15, 0.2) is 11.6 Å². The van der Waals surface area contributed by atoms with Crippen molar-refractivity contribution in [2.75, 3.05) is 0 Å². The number of aromatic nitrogens is 2. The number of hydrogen-bond donors (Lipinski definition) is 0. The Bertz CT molecular complexity index is 794. The van der Waals surface area contributed by atoms with Crippen LogP contribution in [0, 0.1) is 6.92 Å². The molecule has 0 aliphatic heterocycles. The van der Waals surface area contributed by atoms with Gasteiger partial charge in [-0.25, -0.2) is 0 Å². The van der Waals surface area contributed by atoms with Crippen LogP contribution in [0.4, 0.5) is 0 Å². The number of ketones is 1. The number of benzene rings is 2. The zero-order valence-corrected chi connectivity index (χ0v) is 12.5. The number of carbonyl (C=O) groups excluding carboxylic acids is 1. The van der Waals surface area contributed by atoms with Crippen LogP contribution in [0.5, 0.6) is 0 Å². The minimum Gasteiger partial charge on any atom is -0.339 e. The molecule has 0 spiro atoms. The van der Waals surface area contributed by atoms with Gasteiger partial charge < -0.3 is 4.52 Å². The Morgan fingerprint density at radius 2 is 1.77 bits per heavy atom. The maximum absolute atomic E-state index is 12.5. The third-order valence-electron chi connectivity index (χ3n) is 3.60. The van der Waals surface area contributed by atoms with E-state index in [1.54, 1.807) is 6.92 Å². The summed E-state index contributed by atoms with van der Waals surface area (Å²) in [5.74, 6) is 1.13. The Balaban J connectivity index is 1.91. The van der Waals surface area contributed by atoms with Gasteiger partial charge in [-0.05, 0) is 25.5 Å². The molecule has 3 rings (SSSR count). The van der Waals surface area contributed by atoms with E-state index in [0.717, 1.165) is 5.56 Å². The quantitative estimate of drug-likeness (QED) is 0.687. The lowest BCUT2D eigenvalue weighted by Gasteiger charge is -2.09. The molecule has 1 heterocycles. The van der Waals surface area contributed by atoms with E-state index in [0.29, 0.717) is 22.8 Å². The van der Waals surface area contributed by atoms with Gasteiger partial charge in [0.2, 0.25) is 5.89 Å². The Morgan fingerprint density at radius 3 is 2.45 bits per heavy atom. The van der Waals surface area contributed by atoms with Gasteiger partial charge in [-0.2, -0.15) is 4.98 Å². The first kappa shape index (κ1) is 14.2. The van der Waals surface area contributed by atoms with Crippen LogP contribution in [0.3, 0.4) is 0 Å². The lowest BCUT2D eigenvalue weighted by atomic mass is 9.95. The molecule has 0 bridgehead atoms. The second kappa shape index (κ2) is 5.93. The fourth-order valence-corrected chi connectivity index (χ4v) is 2.34. The minimum absolute atomic E-state index is 0.0105. The Kier molecular flexibility index (Phi) is 3.83. The van der Waals surface area contributed by atoms with Crippen LogP contribution in [0.1, 0.15) is 46.0 Å². The van der Waals surface area contributed by atoms with Crippen LogP contribution in [0.25, 0.3) is 0 Å². The van der Waals surface area contributed by atoms with Crippen LogP contribution in [-0.2, 0) is 0 Å². The van der Waals surface area contributed by atoms with Crippen molar-refractivity contribution in [2.45, 2.75) is 19.8 Å². The summed E-state index contributed by atoms with van der Waals surface area (Å²) in [4.78, 5) is 16.8. The zero-order chi connectivity index (χ0) is 15.5. The lowest BCUT2D eigenvalue weighted by Crippen LogP contribution is -2.03. The zero-order valence-electron chi connectivity index (χ0n) is 12.5.